The summed E-state index contributed by atoms with van der Waals surface area (Å²) >= 11 is 0. The van der Waals surface area contributed by atoms with E-state index in [1.807, 2.05) is 18.2 Å². The predicted molar refractivity (Wildman–Crippen MR) is 69.5 cm³/mol. The molecule has 0 atom stereocenters. The number of carbonyl (C=O) groups is 2. The molecular weight excluding hydrogens is 260 g/mol. The van der Waals surface area contributed by atoms with E-state index in [2.05, 4.69) is 0 Å². The standard InChI is InChI=1S/C15H10O5/c16-11(9-19-15(17)13-6-3-7-18-13)14-8-10-4-1-2-5-12(10)20-14/h1-8H,9H2. The van der Waals surface area contributed by atoms with E-state index in [4.69, 9.17) is 13.6 Å². The molecule has 3 rings (SSSR count). The molecule has 0 fully saturated rings. The molecule has 0 aliphatic carbocycles. The van der Waals surface area contributed by atoms with Crippen molar-refractivity contribution in [3.63, 3.8) is 0 Å². The molecule has 1 aromatic carbocycles. The number of carbonyl (C=O) groups excluding carboxylic acids is 2. The highest BCUT2D eigenvalue weighted by atomic mass is 16.5. The average Bonchev–Trinajstić information content (AvgIpc) is 3.12. The third-order valence-electron chi connectivity index (χ3n) is 2.76. The summed E-state index contributed by atoms with van der Waals surface area (Å²) < 4.78 is 15.1. The number of fused-ring (bicyclic) bond motifs is 1. The van der Waals surface area contributed by atoms with Crippen molar-refractivity contribution in [2.45, 2.75) is 0 Å². The van der Waals surface area contributed by atoms with Gasteiger partial charge in [-0.2, -0.15) is 0 Å². The Morgan fingerprint density at radius 3 is 2.65 bits per heavy atom. The van der Waals surface area contributed by atoms with Crippen molar-refractivity contribution in [2.24, 2.45) is 0 Å². The summed E-state index contributed by atoms with van der Waals surface area (Å²) in [4.78, 5) is 23.4. The number of esters is 1. The maximum absolute atomic E-state index is 11.9. The first-order chi connectivity index (χ1) is 9.74. The van der Waals surface area contributed by atoms with Crippen LogP contribution >= 0.6 is 0 Å². The Kier molecular flexibility index (Phi) is 3.09. The maximum Gasteiger partial charge on any atom is 0.374 e. The van der Waals surface area contributed by atoms with E-state index in [1.54, 1.807) is 18.2 Å². The summed E-state index contributed by atoms with van der Waals surface area (Å²) in [6.45, 7) is -0.390. The van der Waals surface area contributed by atoms with Crippen molar-refractivity contribution in [2.75, 3.05) is 6.61 Å². The minimum Gasteiger partial charge on any atom is -0.457 e. The zero-order chi connectivity index (χ0) is 13.9. The zero-order valence-corrected chi connectivity index (χ0v) is 10.4. The SMILES string of the molecule is O=C(COC(=O)c1ccco1)c1cc2ccccc2o1. The van der Waals surface area contributed by atoms with Crippen LogP contribution in [0.2, 0.25) is 0 Å². The lowest BCUT2D eigenvalue weighted by Crippen LogP contribution is -2.13. The molecule has 0 N–H and O–H groups in total. The molecule has 0 amide bonds. The van der Waals surface area contributed by atoms with Crippen molar-refractivity contribution in [3.05, 3.63) is 60.2 Å². The van der Waals surface area contributed by atoms with E-state index in [0.29, 0.717) is 5.58 Å². The highest BCUT2D eigenvalue weighted by Gasteiger charge is 2.16. The number of Topliss-reactive ketones (excluding diaryl/α,β-unsaturated/α-hetero) is 1. The van der Waals surface area contributed by atoms with Crippen molar-refractivity contribution in [1.29, 1.82) is 0 Å². The van der Waals surface area contributed by atoms with Gasteiger partial charge in [0.05, 0.1) is 6.26 Å². The van der Waals surface area contributed by atoms with Gasteiger partial charge in [0.15, 0.2) is 12.4 Å². The van der Waals surface area contributed by atoms with Crippen molar-refractivity contribution in [3.8, 4) is 0 Å². The summed E-state index contributed by atoms with van der Waals surface area (Å²) in [5.41, 5.74) is 0.619. The molecule has 5 heteroatoms. The van der Waals surface area contributed by atoms with Gasteiger partial charge in [-0.15, -0.1) is 0 Å². The van der Waals surface area contributed by atoms with E-state index < -0.39 is 11.8 Å². The monoisotopic (exact) mass is 270 g/mol. The van der Waals surface area contributed by atoms with Gasteiger partial charge in [-0.1, -0.05) is 18.2 Å². The fraction of sp³-hybridized carbons (Fsp3) is 0.0667. The van der Waals surface area contributed by atoms with Crippen LogP contribution in [0.25, 0.3) is 11.0 Å². The largest absolute Gasteiger partial charge is 0.457 e. The molecule has 2 heterocycles. The van der Waals surface area contributed by atoms with Gasteiger partial charge < -0.3 is 13.6 Å². The van der Waals surface area contributed by atoms with Crippen LogP contribution in [0, 0.1) is 0 Å². The second-order valence-corrected chi connectivity index (χ2v) is 4.13. The van der Waals surface area contributed by atoms with Crippen LogP contribution in [-0.2, 0) is 4.74 Å². The highest BCUT2D eigenvalue weighted by Crippen LogP contribution is 2.19. The fourth-order valence-corrected chi connectivity index (χ4v) is 1.79. The molecule has 2 aromatic heterocycles. The van der Waals surface area contributed by atoms with E-state index >= 15 is 0 Å². The fourth-order valence-electron chi connectivity index (χ4n) is 1.79. The van der Waals surface area contributed by atoms with Crippen LogP contribution in [0.5, 0.6) is 0 Å². The van der Waals surface area contributed by atoms with Gasteiger partial charge in [-0.05, 0) is 24.3 Å². The summed E-state index contributed by atoms with van der Waals surface area (Å²) in [5, 5.41) is 0.827. The number of hydrogen-bond acceptors (Lipinski definition) is 5. The summed E-state index contributed by atoms with van der Waals surface area (Å²) in [6, 6.07) is 11.9. The van der Waals surface area contributed by atoms with E-state index in [0.717, 1.165) is 5.39 Å². The topological polar surface area (TPSA) is 69.7 Å². The molecule has 0 aliphatic heterocycles. The number of para-hydroxylation sites is 1. The molecule has 5 nitrogen and oxygen atoms in total. The third-order valence-corrected chi connectivity index (χ3v) is 2.76. The summed E-state index contributed by atoms with van der Waals surface area (Å²) in [5.74, 6) is -0.860. The van der Waals surface area contributed by atoms with E-state index in [-0.39, 0.29) is 18.1 Å². The van der Waals surface area contributed by atoms with Crippen molar-refractivity contribution >= 4 is 22.7 Å². The van der Waals surface area contributed by atoms with Gasteiger partial charge in [-0.25, -0.2) is 4.79 Å². The Labute approximate surface area is 113 Å². The van der Waals surface area contributed by atoms with Gasteiger partial charge in [-0.3, -0.25) is 4.79 Å². The third kappa shape index (κ3) is 2.33. The number of ketones is 1. The molecule has 0 bridgehead atoms. The average molecular weight is 270 g/mol. The van der Waals surface area contributed by atoms with Gasteiger partial charge in [0.1, 0.15) is 5.58 Å². The molecule has 0 radical (unpaired) electrons. The lowest BCUT2D eigenvalue weighted by Gasteiger charge is -1.99. The normalized spacial score (nSPS) is 10.6. The predicted octanol–water partition coefficient (Wildman–Crippen LogP) is 3.07. The molecule has 0 saturated carbocycles. The van der Waals surface area contributed by atoms with Crippen LogP contribution in [-0.4, -0.2) is 18.4 Å². The van der Waals surface area contributed by atoms with Gasteiger partial charge in [0.2, 0.25) is 11.5 Å². The van der Waals surface area contributed by atoms with Crippen LogP contribution in [0.3, 0.4) is 0 Å². The number of hydrogen-bond donors (Lipinski definition) is 0. The first-order valence-electron chi connectivity index (χ1n) is 5.96. The first kappa shape index (κ1) is 12.2. The minimum absolute atomic E-state index is 0.0578. The molecule has 100 valence electrons. The number of rotatable bonds is 4. The Morgan fingerprint density at radius 1 is 1.05 bits per heavy atom. The molecule has 3 aromatic rings. The van der Waals surface area contributed by atoms with Crippen LogP contribution in [0.4, 0.5) is 0 Å². The number of ether oxygens (including phenoxy) is 1. The van der Waals surface area contributed by atoms with Crippen molar-refractivity contribution < 1.29 is 23.2 Å². The lowest BCUT2D eigenvalue weighted by atomic mass is 10.2. The molecule has 0 aliphatic rings. The molecule has 0 spiro atoms. The number of furan rings is 2. The minimum atomic E-state index is -0.681. The molecule has 20 heavy (non-hydrogen) atoms. The maximum atomic E-state index is 11.9. The Hall–Kier alpha value is -2.82. The summed E-state index contributed by atoms with van der Waals surface area (Å²) in [6.07, 6.45) is 1.36. The Bertz CT molecular complexity index is 719. The van der Waals surface area contributed by atoms with Crippen molar-refractivity contribution in [1.82, 2.24) is 0 Å². The van der Waals surface area contributed by atoms with Crippen LogP contribution < -0.4 is 0 Å². The molecular formula is C15H10O5. The van der Waals surface area contributed by atoms with Crippen LogP contribution in [0.1, 0.15) is 21.1 Å². The smallest absolute Gasteiger partial charge is 0.374 e. The zero-order valence-electron chi connectivity index (χ0n) is 10.4. The van der Waals surface area contributed by atoms with Gasteiger partial charge in [0.25, 0.3) is 0 Å². The Balaban J connectivity index is 1.68. The van der Waals surface area contributed by atoms with Crippen LogP contribution in [0.15, 0.2) is 57.6 Å². The van der Waals surface area contributed by atoms with Gasteiger partial charge >= 0.3 is 5.97 Å². The highest BCUT2D eigenvalue weighted by molar-refractivity contribution is 5.99. The quantitative estimate of drug-likeness (QED) is 0.538. The molecule has 0 saturated heterocycles. The lowest BCUT2D eigenvalue weighted by molar-refractivity contribution is 0.0438. The summed E-state index contributed by atoms with van der Waals surface area (Å²) in [7, 11) is 0. The van der Waals surface area contributed by atoms with E-state index in [9.17, 15) is 9.59 Å². The number of benzene rings is 1. The van der Waals surface area contributed by atoms with Gasteiger partial charge in [0, 0.05) is 5.39 Å². The Morgan fingerprint density at radius 2 is 1.90 bits per heavy atom. The second-order valence-electron chi connectivity index (χ2n) is 4.13. The molecule has 0 unspecified atom stereocenters. The second kappa shape index (κ2) is 5.05. The van der Waals surface area contributed by atoms with E-state index in [1.165, 1.54) is 12.3 Å². The first-order valence-corrected chi connectivity index (χ1v) is 5.96.